The van der Waals surface area contributed by atoms with Crippen LogP contribution < -0.4 is 15.8 Å². The van der Waals surface area contributed by atoms with Gasteiger partial charge in [0.05, 0.1) is 17.3 Å². The summed E-state index contributed by atoms with van der Waals surface area (Å²) in [7, 11) is -2.17. The molecule has 0 atom stereocenters. The molecule has 21 heavy (non-hydrogen) atoms. The van der Waals surface area contributed by atoms with Gasteiger partial charge < -0.3 is 10.6 Å². The van der Waals surface area contributed by atoms with E-state index >= 15 is 0 Å². The summed E-state index contributed by atoms with van der Waals surface area (Å²) in [6.45, 7) is 0. The zero-order valence-electron chi connectivity index (χ0n) is 11.1. The van der Waals surface area contributed by atoms with Crippen LogP contribution in [0.3, 0.4) is 0 Å². The fourth-order valence-corrected chi connectivity index (χ4v) is 2.10. The van der Waals surface area contributed by atoms with E-state index in [1.54, 1.807) is 13.1 Å². The van der Waals surface area contributed by atoms with Crippen molar-refractivity contribution in [1.29, 1.82) is 0 Å². The minimum atomic E-state index is -3.83. The Morgan fingerprint density at radius 3 is 2.71 bits per heavy atom. The Hall–Kier alpha value is -2.52. The second-order valence-electron chi connectivity index (χ2n) is 4.07. The first kappa shape index (κ1) is 14.9. The lowest BCUT2D eigenvalue weighted by molar-refractivity contribution is 0.102. The summed E-state index contributed by atoms with van der Waals surface area (Å²) >= 11 is 0. The van der Waals surface area contributed by atoms with Crippen molar-refractivity contribution in [3.05, 3.63) is 42.4 Å². The lowest BCUT2D eigenvalue weighted by Gasteiger charge is -2.07. The zero-order valence-corrected chi connectivity index (χ0v) is 11.9. The van der Waals surface area contributed by atoms with Gasteiger partial charge >= 0.3 is 0 Å². The number of hydrogen-bond donors (Lipinski definition) is 3. The van der Waals surface area contributed by atoms with Gasteiger partial charge in [0.2, 0.25) is 10.0 Å². The molecule has 1 aromatic heterocycles. The molecular weight excluding hydrogens is 294 g/mol. The van der Waals surface area contributed by atoms with Gasteiger partial charge in [-0.25, -0.2) is 18.5 Å². The van der Waals surface area contributed by atoms with Crippen LogP contribution in [0.4, 0.5) is 11.5 Å². The number of carbonyl (C=O) groups is 1. The average Bonchev–Trinajstić information content (AvgIpc) is 2.46. The number of primary sulfonamides is 1. The van der Waals surface area contributed by atoms with Crippen LogP contribution in [0.5, 0.6) is 0 Å². The minimum Gasteiger partial charge on any atom is -0.372 e. The minimum absolute atomic E-state index is 0.0876. The van der Waals surface area contributed by atoms with Crippen molar-refractivity contribution in [2.75, 3.05) is 17.7 Å². The van der Waals surface area contributed by atoms with Gasteiger partial charge in [0.1, 0.15) is 11.5 Å². The van der Waals surface area contributed by atoms with Crippen molar-refractivity contribution in [2.45, 2.75) is 4.90 Å². The zero-order chi connectivity index (χ0) is 15.5. The molecule has 0 aliphatic rings. The van der Waals surface area contributed by atoms with E-state index in [-0.39, 0.29) is 10.6 Å². The summed E-state index contributed by atoms with van der Waals surface area (Å²) < 4.78 is 22.5. The van der Waals surface area contributed by atoms with E-state index in [4.69, 9.17) is 5.14 Å². The highest BCUT2D eigenvalue weighted by Crippen LogP contribution is 2.15. The lowest BCUT2D eigenvalue weighted by Crippen LogP contribution is -2.16. The maximum atomic E-state index is 12.0. The van der Waals surface area contributed by atoms with Crippen molar-refractivity contribution in [3.8, 4) is 0 Å². The third-order valence-electron chi connectivity index (χ3n) is 2.54. The Kier molecular flexibility index (Phi) is 4.15. The van der Waals surface area contributed by atoms with E-state index in [1.807, 2.05) is 0 Å². The normalized spacial score (nSPS) is 11.0. The van der Waals surface area contributed by atoms with Crippen LogP contribution in [-0.2, 0) is 10.0 Å². The number of nitrogens with two attached hydrogens (primary N) is 1. The molecule has 4 N–H and O–H groups in total. The second-order valence-corrected chi connectivity index (χ2v) is 5.63. The van der Waals surface area contributed by atoms with Crippen molar-refractivity contribution in [2.24, 2.45) is 5.14 Å². The summed E-state index contributed by atoms with van der Waals surface area (Å²) in [6.07, 6.45) is 2.78. The maximum absolute atomic E-state index is 12.0. The molecule has 0 saturated heterocycles. The van der Waals surface area contributed by atoms with E-state index in [0.29, 0.717) is 11.5 Å². The van der Waals surface area contributed by atoms with Gasteiger partial charge in [-0.2, -0.15) is 0 Å². The fraction of sp³-hybridized carbons (Fsp3) is 0.0833. The molecule has 1 aromatic carbocycles. The summed E-state index contributed by atoms with van der Waals surface area (Å²) in [5.41, 5.74) is 0.394. The van der Waals surface area contributed by atoms with Gasteiger partial charge in [0.25, 0.3) is 5.91 Å². The van der Waals surface area contributed by atoms with Gasteiger partial charge in [-0.15, -0.1) is 0 Å². The molecule has 0 saturated carbocycles. The Balaban J connectivity index is 2.23. The van der Waals surface area contributed by atoms with Crippen molar-refractivity contribution < 1.29 is 13.2 Å². The Morgan fingerprint density at radius 1 is 1.29 bits per heavy atom. The van der Waals surface area contributed by atoms with Gasteiger partial charge in [-0.05, 0) is 18.2 Å². The SMILES string of the molecule is CNc1cncc(C(=O)Nc2cccc(S(N)(=O)=O)c2)n1. The van der Waals surface area contributed by atoms with Gasteiger partial charge in [0, 0.05) is 12.7 Å². The molecule has 0 spiro atoms. The number of rotatable bonds is 4. The summed E-state index contributed by atoms with van der Waals surface area (Å²) in [4.78, 5) is 19.8. The first-order valence-corrected chi connectivity index (χ1v) is 7.39. The number of nitrogens with zero attached hydrogens (tertiary/aromatic N) is 2. The van der Waals surface area contributed by atoms with E-state index in [1.165, 1.54) is 30.6 Å². The number of amides is 1. The molecule has 0 aliphatic carbocycles. The predicted molar refractivity (Wildman–Crippen MR) is 77.3 cm³/mol. The van der Waals surface area contributed by atoms with Crippen molar-refractivity contribution >= 4 is 27.4 Å². The fourth-order valence-electron chi connectivity index (χ4n) is 1.54. The van der Waals surface area contributed by atoms with Crippen LogP contribution in [0.25, 0.3) is 0 Å². The molecule has 0 bridgehead atoms. The number of anilines is 2. The van der Waals surface area contributed by atoms with Gasteiger partial charge in [-0.3, -0.25) is 9.78 Å². The third-order valence-corrected chi connectivity index (χ3v) is 3.45. The quantitative estimate of drug-likeness (QED) is 0.751. The van der Waals surface area contributed by atoms with Crippen LogP contribution in [0.15, 0.2) is 41.6 Å². The first-order chi connectivity index (χ1) is 9.90. The molecule has 0 radical (unpaired) electrons. The Labute approximate surface area is 121 Å². The summed E-state index contributed by atoms with van der Waals surface area (Å²) in [5, 5.41) is 10.3. The van der Waals surface area contributed by atoms with Crippen LogP contribution in [-0.4, -0.2) is 31.3 Å². The van der Waals surface area contributed by atoms with E-state index in [2.05, 4.69) is 20.6 Å². The van der Waals surface area contributed by atoms with Gasteiger partial charge in [-0.1, -0.05) is 6.07 Å². The molecule has 2 aromatic rings. The van der Waals surface area contributed by atoms with E-state index < -0.39 is 15.9 Å². The van der Waals surface area contributed by atoms with Crippen molar-refractivity contribution in [3.63, 3.8) is 0 Å². The molecular formula is C12H13N5O3S. The van der Waals surface area contributed by atoms with Crippen molar-refractivity contribution in [1.82, 2.24) is 9.97 Å². The molecule has 0 fully saturated rings. The smallest absolute Gasteiger partial charge is 0.275 e. The number of nitrogens with one attached hydrogen (secondary N) is 2. The Bertz CT molecular complexity index is 776. The molecule has 1 amide bonds. The number of carbonyl (C=O) groups excluding carboxylic acids is 1. The topological polar surface area (TPSA) is 127 Å². The molecule has 2 rings (SSSR count). The second kappa shape index (κ2) is 5.85. The summed E-state index contributed by atoms with van der Waals surface area (Å²) in [6, 6.07) is 5.63. The molecule has 110 valence electrons. The number of hydrogen-bond acceptors (Lipinski definition) is 6. The highest BCUT2D eigenvalue weighted by atomic mass is 32.2. The molecule has 1 heterocycles. The maximum Gasteiger partial charge on any atom is 0.275 e. The number of aromatic nitrogens is 2. The number of sulfonamides is 1. The monoisotopic (exact) mass is 307 g/mol. The third kappa shape index (κ3) is 3.74. The standard InChI is InChI=1S/C12H13N5O3S/c1-14-11-7-15-6-10(17-11)12(18)16-8-3-2-4-9(5-8)21(13,19)20/h2-7H,1H3,(H,14,17)(H,16,18)(H2,13,19,20). The number of benzene rings is 1. The average molecular weight is 307 g/mol. The van der Waals surface area contributed by atoms with Crippen LogP contribution in [0, 0.1) is 0 Å². The highest BCUT2D eigenvalue weighted by Gasteiger charge is 2.12. The molecule has 8 nitrogen and oxygen atoms in total. The van der Waals surface area contributed by atoms with Crippen LogP contribution in [0.2, 0.25) is 0 Å². The molecule has 9 heteroatoms. The van der Waals surface area contributed by atoms with Crippen LogP contribution >= 0.6 is 0 Å². The van der Waals surface area contributed by atoms with Gasteiger partial charge in [0.15, 0.2) is 0 Å². The van der Waals surface area contributed by atoms with E-state index in [0.717, 1.165) is 0 Å². The lowest BCUT2D eigenvalue weighted by atomic mass is 10.3. The molecule has 0 unspecified atom stereocenters. The molecule has 0 aliphatic heterocycles. The predicted octanol–water partition coefficient (Wildman–Crippen LogP) is 0.418. The highest BCUT2D eigenvalue weighted by molar-refractivity contribution is 7.89. The van der Waals surface area contributed by atoms with Crippen LogP contribution in [0.1, 0.15) is 10.5 Å². The first-order valence-electron chi connectivity index (χ1n) is 5.84. The van der Waals surface area contributed by atoms with E-state index in [9.17, 15) is 13.2 Å². The summed E-state index contributed by atoms with van der Waals surface area (Å²) in [5.74, 6) is -0.0629. The largest absolute Gasteiger partial charge is 0.372 e. The Morgan fingerprint density at radius 2 is 2.05 bits per heavy atom.